The fraction of sp³-hybridized carbons (Fsp3) is 0.600. The zero-order chi connectivity index (χ0) is 22.9. The summed E-state index contributed by atoms with van der Waals surface area (Å²) in [6, 6.07) is 2.08. The minimum atomic E-state index is -3.70. The molecular formula is C20H27N7O4S. The quantitative estimate of drug-likeness (QED) is 0.516. The van der Waals surface area contributed by atoms with E-state index in [9.17, 15) is 18.8 Å². The molecule has 1 N–H and O–H groups in total. The number of rotatable bonds is 5. The van der Waals surface area contributed by atoms with Gasteiger partial charge in [-0.15, -0.1) is 10.2 Å². The summed E-state index contributed by atoms with van der Waals surface area (Å²) in [4.78, 5) is 2.04. The molecule has 0 aliphatic carbocycles. The topological polar surface area (TPSA) is 141 Å². The number of sulfonamides is 1. The van der Waals surface area contributed by atoms with Crippen molar-refractivity contribution in [1.29, 1.82) is 5.26 Å². The van der Waals surface area contributed by atoms with Gasteiger partial charge in [0, 0.05) is 39.1 Å². The van der Waals surface area contributed by atoms with Crippen molar-refractivity contribution >= 4 is 15.6 Å². The summed E-state index contributed by atoms with van der Waals surface area (Å²) in [6.07, 6.45) is 3.94. The lowest BCUT2D eigenvalue weighted by Gasteiger charge is -2.33. The minimum Gasteiger partial charge on any atom is -0.509 e. The first kappa shape index (κ1) is 22.4. The molecule has 4 rings (SSSR count). The normalized spacial score (nSPS) is 19.2. The summed E-state index contributed by atoms with van der Waals surface area (Å²) >= 11 is 0. The molecule has 12 heteroatoms. The van der Waals surface area contributed by atoms with E-state index in [0.717, 1.165) is 38.1 Å². The van der Waals surface area contributed by atoms with Crippen molar-refractivity contribution < 1.29 is 18.0 Å². The van der Waals surface area contributed by atoms with Crippen molar-refractivity contribution in [2.24, 2.45) is 0 Å². The standard InChI is InChI=1S/C20H27N7O4S/c1-14-19(15(2)31-24-14)32(29,30)26-10-8-25(9-11-26)13-17(28)16(12-21)20-23-22-18-6-4-3-5-7-27(18)20/h28H,3-11,13H2,1-2H3/b17-16-. The number of nitrogens with zero attached hydrogens (tertiary/aromatic N) is 7. The number of piperazine rings is 1. The fourth-order valence-electron chi connectivity index (χ4n) is 4.30. The molecule has 0 aromatic carbocycles. The van der Waals surface area contributed by atoms with E-state index in [1.807, 2.05) is 9.47 Å². The zero-order valence-electron chi connectivity index (χ0n) is 18.3. The van der Waals surface area contributed by atoms with Gasteiger partial charge in [0.05, 0.1) is 6.54 Å². The Morgan fingerprint density at radius 1 is 1.12 bits per heavy atom. The summed E-state index contributed by atoms with van der Waals surface area (Å²) in [7, 11) is -3.70. The lowest BCUT2D eigenvalue weighted by atomic mass is 10.2. The minimum absolute atomic E-state index is 0.0750. The Labute approximate surface area is 187 Å². The summed E-state index contributed by atoms with van der Waals surface area (Å²) in [5.74, 6) is 1.45. The van der Waals surface area contributed by atoms with Crippen LogP contribution in [0.4, 0.5) is 0 Å². The molecule has 0 unspecified atom stereocenters. The highest BCUT2D eigenvalue weighted by Crippen LogP contribution is 2.25. The van der Waals surface area contributed by atoms with E-state index >= 15 is 0 Å². The van der Waals surface area contributed by atoms with Gasteiger partial charge in [0.2, 0.25) is 10.0 Å². The Balaban J connectivity index is 1.46. The van der Waals surface area contributed by atoms with Gasteiger partial charge >= 0.3 is 0 Å². The van der Waals surface area contributed by atoms with Crippen LogP contribution in [-0.4, -0.2) is 75.4 Å². The van der Waals surface area contributed by atoms with E-state index in [1.54, 1.807) is 13.8 Å². The van der Waals surface area contributed by atoms with Crippen LogP contribution in [0.15, 0.2) is 15.2 Å². The molecule has 0 spiro atoms. The van der Waals surface area contributed by atoms with Crippen molar-refractivity contribution in [3.63, 3.8) is 0 Å². The highest BCUT2D eigenvalue weighted by atomic mass is 32.2. The van der Waals surface area contributed by atoms with Crippen LogP contribution in [0.2, 0.25) is 0 Å². The monoisotopic (exact) mass is 461 g/mol. The van der Waals surface area contributed by atoms with Crippen molar-refractivity contribution in [1.82, 2.24) is 29.1 Å². The third kappa shape index (κ3) is 4.15. The number of aromatic nitrogens is 4. The lowest BCUT2D eigenvalue weighted by Crippen LogP contribution is -2.49. The van der Waals surface area contributed by atoms with Gasteiger partial charge in [0.1, 0.15) is 33.8 Å². The van der Waals surface area contributed by atoms with Gasteiger partial charge in [0.25, 0.3) is 0 Å². The maximum absolute atomic E-state index is 13.0. The SMILES string of the molecule is Cc1noc(C)c1S(=O)(=O)N1CCN(C/C(O)=C(\C#N)c2nnc3n2CCCCC3)CC1. The van der Waals surface area contributed by atoms with E-state index in [4.69, 9.17) is 4.52 Å². The Bertz CT molecular complexity index is 1150. The zero-order valence-corrected chi connectivity index (χ0v) is 19.1. The summed E-state index contributed by atoms with van der Waals surface area (Å²) in [6.45, 7) is 5.44. The second kappa shape index (κ2) is 9.01. The van der Waals surface area contributed by atoms with Crippen LogP contribution in [0.5, 0.6) is 0 Å². The third-order valence-electron chi connectivity index (χ3n) is 6.00. The molecule has 2 aromatic rings. The Kier molecular flexibility index (Phi) is 6.32. The van der Waals surface area contributed by atoms with Gasteiger partial charge < -0.3 is 14.2 Å². The lowest BCUT2D eigenvalue weighted by molar-refractivity contribution is 0.181. The number of hydrogen-bond donors (Lipinski definition) is 1. The van der Waals surface area contributed by atoms with Gasteiger partial charge in [-0.05, 0) is 26.7 Å². The van der Waals surface area contributed by atoms with Crippen LogP contribution in [0, 0.1) is 25.2 Å². The average Bonchev–Trinajstić information content (AvgIpc) is 3.22. The molecule has 0 saturated carbocycles. The van der Waals surface area contributed by atoms with E-state index in [1.165, 1.54) is 4.31 Å². The number of aliphatic hydroxyl groups is 1. The maximum atomic E-state index is 13.0. The van der Waals surface area contributed by atoms with E-state index in [0.29, 0.717) is 24.6 Å². The molecule has 2 aliphatic rings. The molecule has 4 heterocycles. The maximum Gasteiger partial charge on any atom is 0.248 e. The van der Waals surface area contributed by atoms with Crippen LogP contribution < -0.4 is 0 Å². The van der Waals surface area contributed by atoms with Gasteiger partial charge in [-0.1, -0.05) is 11.6 Å². The molecule has 0 bridgehead atoms. The Morgan fingerprint density at radius 3 is 2.53 bits per heavy atom. The van der Waals surface area contributed by atoms with Crippen molar-refractivity contribution in [2.75, 3.05) is 32.7 Å². The smallest absolute Gasteiger partial charge is 0.248 e. The molecule has 172 valence electrons. The highest BCUT2D eigenvalue weighted by Gasteiger charge is 2.33. The predicted molar refractivity (Wildman–Crippen MR) is 114 cm³/mol. The molecule has 1 fully saturated rings. The Morgan fingerprint density at radius 2 is 1.88 bits per heavy atom. The van der Waals surface area contributed by atoms with Crippen molar-refractivity contribution in [3.8, 4) is 6.07 Å². The summed E-state index contributed by atoms with van der Waals surface area (Å²) < 4.78 is 34.3. The fourth-order valence-corrected chi connectivity index (χ4v) is 6.02. The van der Waals surface area contributed by atoms with Crippen molar-refractivity contribution in [3.05, 3.63) is 28.9 Å². The predicted octanol–water partition coefficient (Wildman–Crippen LogP) is 1.41. The van der Waals surface area contributed by atoms with Gasteiger partial charge in [0.15, 0.2) is 11.6 Å². The van der Waals surface area contributed by atoms with Crippen molar-refractivity contribution in [2.45, 2.75) is 51.0 Å². The van der Waals surface area contributed by atoms with E-state index in [2.05, 4.69) is 21.4 Å². The number of nitriles is 1. The number of hydrogen-bond acceptors (Lipinski definition) is 9. The van der Waals surface area contributed by atoms with Gasteiger partial charge in [-0.3, -0.25) is 4.90 Å². The number of fused-ring (bicyclic) bond motifs is 1. The van der Waals surface area contributed by atoms with Crippen LogP contribution >= 0.6 is 0 Å². The molecular weight excluding hydrogens is 434 g/mol. The molecule has 0 atom stereocenters. The molecule has 0 amide bonds. The molecule has 0 radical (unpaired) electrons. The summed E-state index contributed by atoms with van der Waals surface area (Å²) in [5.41, 5.74) is 0.466. The van der Waals surface area contributed by atoms with Crippen LogP contribution in [0.3, 0.4) is 0 Å². The second-order valence-electron chi connectivity index (χ2n) is 8.17. The number of aliphatic hydroxyl groups excluding tert-OH is 1. The van der Waals surface area contributed by atoms with Crippen LogP contribution in [0.1, 0.15) is 42.4 Å². The Hall–Kier alpha value is -2.75. The molecule has 2 aromatic heterocycles. The summed E-state index contributed by atoms with van der Waals surface area (Å²) in [5, 5.41) is 32.6. The van der Waals surface area contributed by atoms with Gasteiger partial charge in [-0.25, -0.2) is 8.42 Å². The number of allylic oxidation sites excluding steroid dienone is 1. The first-order valence-electron chi connectivity index (χ1n) is 10.7. The largest absolute Gasteiger partial charge is 0.509 e. The first-order chi connectivity index (χ1) is 15.3. The van der Waals surface area contributed by atoms with Crippen LogP contribution in [-0.2, 0) is 23.0 Å². The molecule has 11 nitrogen and oxygen atoms in total. The molecule has 2 aliphatic heterocycles. The first-order valence-corrected chi connectivity index (χ1v) is 12.2. The van der Waals surface area contributed by atoms with E-state index in [-0.39, 0.29) is 41.6 Å². The van der Waals surface area contributed by atoms with Crippen LogP contribution in [0.25, 0.3) is 5.57 Å². The highest BCUT2D eigenvalue weighted by molar-refractivity contribution is 7.89. The van der Waals surface area contributed by atoms with E-state index < -0.39 is 10.0 Å². The molecule has 32 heavy (non-hydrogen) atoms. The third-order valence-corrected chi connectivity index (χ3v) is 8.15. The number of aryl methyl sites for hydroxylation is 3. The van der Waals surface area contributed by atoms with Gasteiger partial charge in [-0.2, -0.15) is 9.57 Å². The average molecular weight is 462 g/mol. The molecule has 1 saturated heterocycles. The second-order valence-corrected chi connectivity index (χ2v) is 10.0.